The lowest BCUT2D eigenvalue weighted by Gasteiger charge is -2.03. The first-order valence-corrected chi connectivity index (χ1v) is 4.75. The molecule has 1 aromatic heterocycles. The fourth-order valence-electron chi connectivity index (χ4n) is 1.42. The van der Waals surface area contributed by atoms with E-state index in [0.29, 0.717) is 12.5 Å². The molecule has 2 rings (SSSR count). The van der Waals surface area contributed by atoms with Crippen molar-refractivity contribution in [2.45, 2.75) is 32.2 Å². The van der Waals surface area contributed by atoms with Gasteiger partial charge in [0.05, 0.1) is 12.3 Å². The number of hydrogen-bond donors (Lipinski definition) is 1. The number of aliphatic hydroxyl groups excluding tert-OH is 1. The molecule has 0 bridgehead atoms. The third-order valence-corrected chi connectivity index (χ3v) is 2.44. The predicted molar refractivity (Wildman–Crippen MR) is 45.9 cm³/mol. The molecule has 1 aromatic rings. The minimum absolute atomic E-state index is 0.231. The molecular weight excluding hydrogens is 209 g/mol. The third kappa shape index (κ3) is 2.31. The zero-order valence-corrected chi connectivity index (χ0v) is 7.96. The molecule has 0 saturated heterocycles. The van der Waals surface area contributed by atoms with E-state index in [4.69, 9.17) is 5.11 Å². The summed E-state index contributed by atoms with van der Waals surface area (Å²) in [4.78, 5) is 0. The largest absolute Gasteiger partial charge is 0.435 e. The monoisotopic (exact) mass is 220 g/mol. The van der Waals surface area contributed by atoms with Crippen LogP contribution in [0.1, 0.15) is 24.2 Å². The summed E-state index contributed by atoms with van der Waals surface area (Å²) in [6, 6.07) is 0.905. The van der Waals surface area contributed by atoms with Crippen LogP contribution in [0.3, 0.4) is 0 Å². The van der Waals surface area contributed by atoms with Crippen LogP contribution in [0.5, 0.6) is 0 Å². The van der Waals surface area contributed by atoms with Crippen LogP contribution in [0.4, 0.5) is 13.2 Å². The smallest absolute Gasteiger partial charge is 0.390 e. The van der Waals surface area contributed by atoms with Gasteiger partial charge < -0.3 is 5.11 Å². The van der Waals surface area contributed by atoms with Crippen molar-refractivity contribution >= 4 is 0 Å². The van der Waals surface area contributed by atoms with Crippen molar-refractivity contribution in [3.63, 3.8) is 0 Å². The van der Waals surface area contributed by atoms with Crippen LogP contribution in [0.2, 0.25) is 0 Å². The normalized spacial score (nSPS) is 17.1. The van der Waals surface area contributed by atoms with Gasteiger partial charge in [0, 0.05) is 6.54 Å². The van der Waals surface area contributed by atoms with Crippen molar-refractivity contribution in [1.29, 1.82) is 0 Å². The van der Waals surface area contributed by atoms with E-state index in [9.17, 15) is 13.2 Å². The highest BCUT2D eigenvalue weighted by atomic mass is 19.4. The lowest BCUT2D eigenvalue weighted by atomic mass is 10.3. The van der Waals surface area contributed by atoms with Crippen molar-refractivity contribution in [2.24, 2.45) is 5.92 Å². The first-order chi connectivity index (χ1) is 7.00. The van der Waals surface area contributed by atoms with Gasteiger partial charge in [-0.15, -0.1) is 0 Å². The summed E-state index contributed by atoms with van der Waals surface area (Å²) in [7, 11) is 0. The standard InChI is InChI=1S/C9H11F3N2O/c10-9(11,12)8-3-7(5-15)14(13-8)4-6-1-2-6/h3,6,15H,1-2,4-5H2. The maximum absolute atomic E-state index is 12.3. The molecule has 1 heterocycles. The van der Waals surface area contributed by atoms with Gasteiger partial charge in [0.25, 0.3) is 0 Å². The van der Waals surface area contributed by atoms with E-state index in [-0.39, 0.29) is 5.69 Å². The topological polar surface area (TPSA) is 38.1 Å². The molecular formula is C9H11F3N2O. The molecule has 1 fully saturated rings. The maximum Gasteiger partial charge on any atom is 0.435 e. The predicted octanol–water partition coefficient (Wildman–Crippen LogP) is 1.80. The van der Waals surface area contributed by atoms with Crippen LogP contribution in [0.15, 0.2) is 6.07 Å². The Morgan fingerprint density at radius 3 is 2.60 bits per heavy atom. The van der Waals surface area contributed by atoms with E-state index in [2.05, 4.69) is 5.10 Å². The summed E-state index contributed by atoms with van der Waals surface area (Å²) in [6.45, 7) is 0.0712. The lowest BCUT2D eigenvalue weighted by Crippen LogP contribution is -2.09. The Bertz CT molecular complexity index is 355. The van der Waals surface area contributed by atoms with Crippen LogP contribution in [-0.4, -0.2) is 14.9 Å². The second-order valence-corrected chi connectivity index (χ2v) is 3.80. The van der Waals surface area contributed by atoms with Gasteiger partial charge in [0.15, 0.2) is 5.69 Å². The molecule has 0 spiro atoms. The van der Waals surface area contributed by atoms with Gasteiger partial charge in [0.1, 0.15) is 0 Å². The maximum atomic E-state index is 12.3. The van der Waals surface area contributed by atoms with Crippen molar-refractivity contribution in [3.05, 3.63) is 17.5 Å². The van der Waals surface area contributed by atoms with E-state index in [0.717, 1.165) is 18.9 Å². The second kappa shape index (κ2) is 3.52. The Balaban J connectivity index is 2.23. The van der Waals surface area contributed by atoms with Gasteiger partial charge in [-0.3, -0.25) is 4.68 Å². The minimum atomic E-state index is -4.43. The number of hydrogen-bond acceptors (Lipinski definition) is 2. The van der Waals surface area contributed by atoms with Gasteiger partial charge in [0.2, 0.25) is 0 Å². The molecule has 0 unspecified atom stereocenters. The lowest BCUT2D eigenvalue weighted by molar-refractivity contribution is -0.141. The Labute approximate surface area is 84.5 Å². The van der Waals surface area contributed by atoms with Crippen LogP contribution in [0.25, 0.3) is 0 Å². The Morgan fingerprint density at radius 2 is 2.13 bits per heavy atom. The average molecular weight is 220 g/mol. The van der Waals surface area contributed by atoms with E-state index in [1.54, 1.807) is 0 Å². The number of alkyl halides is 3. The summed E-state index contributed by atoms with van der Waals surface area (Å²) in [5.41, 5.74) is -0.693. The fourth-order valence-corrected chi connectivity index (χ4v) is 1.42. The summed E-state index contributed by atoms with van der Waals surface area (Å²) in [5.74, 6) is 0.427. The summed E-state index contributed by atoms with van der Waals surface area (Å²) in [5, 5.41) is 12.4. The summed E-state index contributed by atoms with van der Waals surface area (Å²) in [6.07, 6.45) is -2.36. The molecule has 6 heteroatoms. The zero-order valence-electron chi connectivity index (χ0n) is 7.96. The van der Waals surface area contributed by atoms with E-state index in [1.165, 1.54) is 4.68 Å². The Kier molecular flexibility index (Phi) is 2.46. The van der Waals surface area contributed by atoms with Gasteiger partial charge in [-0.1, -0.05) is 0 Å². The minimum Gasteiger partial charge on any atom is -0.390 e. The molecule has 84 valence electrons. The van der Waals surface area contributed by atoms with Crippen LogP contribution >= 0.6 is 0 Å². The van der Waals surface area contributed by atoms with E-state index < -0.39 is 18.5 Å². The van der Waals surface area contributed by atoms with Crippen LogP contribution < -0.4 is 0 Å². The molecule has 1 aliphatic rings. The molecule has 0 radical (unpaired) electrons. The van der Waals surface area contributed by atoms with Crippen LogP contribution in [0, 0.1) is 5.92 Å². The molecule has 0 aromatic carbocycles. The average Bonchev–Trinajstić information content (AvgIpc) is 2.82. The van der Waals surface area contributed by atoms with Crippen molar-refractivity contribution < 1.29 is 18.3 Å². The molecule has 15 heavy (non-hydrogen) atoms. The van der Waals surface area contributed by atoms with Gasteiger partial charge in [-0.25, -0.2) is 0 Å². The second-order valence-electron chi connectivity index (χ2n) is 3.80. The van der Waals surface area contributed by atoms with Crippen molar-refractivity contribution in [1.82, 2.24) is 9.78 Å². The summed E-state index contributed by atoms with van der Waals surface area (Å²) >= 11 is 0. The summed E-state index contributed by atoms with van der Waals surface area (Å²) < 4.78 is 38.2. The van der Waals surface area contributed by atoms with Crippen LogP contribution in [-0.2, 0) is 19.3 Å². The highest BCUT2D eigenvalue weighted by Gasteiger charge is 2.35. The van der Waals surface area contributed by atoms with Gasteiger partial charge in [-0.05, 0) is 24.8 Å². The third-order valence-electron chi connectivity index (χ3n) is 2.44. The Morgan fingerprint density at radius 1 is 1.47 bits per heavy atom. The molecule has 0 amide bonds. The first kappa shape index (κ1) is 10.5. The molecule has 1 saturated carbocycles. The van der Waals surface area contributed by atoms with Crippen molar-refractivity contribution in [2.75, 3.05) is 0 Å². The Hall–Kier alpha value is -1.04. The molecule has 0 atom stereocenters. The SMILES string of the molecule is OCc1cc(C(F)(F)F)nn1CC1CC1. The molecule has 1 N–H and O–H groups in total. The molecule has 0 aliphatic heterocycles. The van der Waals surface area contributed by atoms with Gasteiger partial charge >= 0.3 is 6.18 Å². The number of aliphatic hydroxyl groups is 1. The number of aromatic nitrogens is 2. The zero-order chi connectivity index (χ0) is 11.1. The van der Waals surface area contributed by atoms with Crippen molar-refractivity contribution in [3.8, 4) is 0 Å². The number of nitrogens with zero attached hydrogens (tertiary/aromatic N) is 2. The molecule has 3 nitrogen and oxygen atoms in total. The number of halogens is 3. The highest BCUT2D eigenvalue weighted by Crippen LogP contribution is 2.33. The quantitative estimate of drug-likeness (QED) is 0.843. The molecule has 1 aliphatic carbocycles. The van der Waals surface area contributed by atoms with E-state index in [1.807, 2.05) is 0 Å². The number of rotatable bonds is 3. The first-order valence-electron chi connectivity index (χ1n) is 4.75. The van der Waals surface area contributed by atoms with E-state index >= 15 is 0 Å². The fraction of sp³-hybridized carbons (Fsp3) is 0.667. The van der Waals surface area contributed by atoms with Gasteiger partial charge in [-0.2, -0.15) is 18.3 Å². The highest BCUT2D eigenvalue weighted by molar-refractivity contribution is 5.12.